The number of ether oxygens (including phenoxy) is 2. The molecule has 0 bridgehead atoms. The standard InChI is InChI=1S/C36H34F3N3O4/c1-44-31-20-29-28(19-30(31)43)32-33(25-9-3-2-4-10-25)40-46-35(32)42(22-24-8-7-11-27(18-24)45-36(37,38)39)34(29)26-14-12-23(13-15-26)21-41-16-5-6-17-41/h2-4,7-15,18-20,32,34-35,43H,5-6,16-17,21-22H2,1H3/t32-,34+,35+/m0/s1. The Morgan fingerprint density at radius 1 is 0.870 bits per heavy atom. The first-order valence-electron chi connectivity index (χ1n) is 15.4. The van der Waals surface area contributed by atoms with Gasteiger partial charge in [-0.05, 0) is 78.0 Å². The van der Waals surface area contributed by atoms with Crippen molar-refractivity contribution in [3.8, 4) is 17.2 Å². The lowest BCUT2D eigenvalue weighted by Gasteiger charge is -2.43. The van der Waals surface area contributed by atoms with Crippen LogP contribution in [0.2, 0.25) is 0 Å². The first-order valence-corrected chi connectivity index (χ1v) is 15.4. The average Bonchev–Trinajstić information content (AvgIpc) is 3.72. The highest BCUT2D eigenvalue weighted by Gasteiger charge is 2.49. The van der Waals surface area contributed by atoms with Crippen LogP contribution in [-0.2, 0) is 17.9 Å². The summed E-state index contributed by atoms with van der Waals surface area (Å²) in [6.07, 6.45) is -2.99. The van der Waals surface area contributed by atoms with Crippen molar-refractivity contribution >= 4 is 5.71 Å². The van der Waals surface area contributed by atoms with Gasteiger partial charge < -0.3 is 19.4 Å². The number of rotatable bonds is 8. The van der Waals surface area contributed by atoms with Crippen LogP contribution in [0.5, 0.6) is 17.2 Å². The van der Waals surface area contributed by atoms with Crippen LogP contribution in [0.4, 0.5) is 13.2 Å². The number of alkyl halides is 3. The molecule has 46 heavy (non-hydrogen) atoms. The first kappa shape index (κ1) is 30.1. The van der Waals surface area contributed by atoms with Crippen LogP contribution in [0.1, 0.15) is 58.2 Å². The molecule has 0 aromatic heterocycles. The lowest BCUT2D eigenvalue weighted by molar-refractivity contribution is -0.274. The third kappa shape index (κ3) is 6.02. The zero-order valence-corrected chi connectivity index (χ0v) is 25.3. The molecule has 7 rings (SSSR count). The van der Waals surface area contributed by atoms with Gasteiger partial charge >= 0.3 is 6.36 Å². The van der Waals surface area contributed by atoms with Gasteiger partial charge in [0.1, 0.15) is 5.75 Å². The van der Waals surface area contributed by atoms with Gasteiger partial charge in [0, 0.05) is 18.7 Å². The second-order valence-corrected chi connectivity index (χ2v) is 12.0. The predicted octanol–water partition coefficient (Wildman–Crippen LogP) is 7.34. The van der Waals surface area contributed by atoms with Gasteiger partial charge in [-0.3, -0.25) is 4.90 Å². The Hall–Kier alpha value is -4.54. The maximum atomic E-state index is 13.1. The fourth-order valence-corrected chi connectivity index (χ4v) is 6.96. The predicted molar refractivity (Wildman–Crippen MR) is 167 cm³/mol. The molecule has 0 radical (unpaired) electrons. The monoisotopic (exact) mass is 629 g/mol. The highest BCUT2D eigenvalue weighted by molar-refractivity contribution is 6.06. The number of hydrogen-bond donors (Lipinski definition) is 1. The van der Waals surface area contributed by atoms with Crippen molar-refractivity contribution in [2.45, 2.75) is 50.5 Å². The maximum absolute atomic E-state index is 13.1. The van der Waals surface area contributed by atoms with Crippen LogP contribution in [0.3, 0.4) is 0 Å². The number of phenolic OH excluding ortho intramolecular Hbond substituents is 1. The number of aromatic hydroxyl groups is 1. The summed E-state index contributed by atoms with van der Waals surface area (Å²) in [4.78, 5) is 10.8. The van der Waals surface area contributed by atoms with Crippen LogP contribution in [0.25, 0.3) is 0 Å². The molecule has 1 saturated heterocycles. The number of oxime groups is 1. The first-order chi connectivity index (χ1) is 22.3. The van der Waals surface area contributed by atoms with Crippen molar-refractivity contribution in [3.63, 3.8) is 0 Å². The molecule has 7 nitrogen and oxygen atoms in total. The molecule has 0 aliphatic carbocycles. The minimum Gasteiger partial charge on any atom is -0.504 e. The van der Waals surface area contributed by atoms with E-state index in [0.717, 1.165) is 41.9 Å². The topological polar surface area (TPSA) is 66.8 Å². The number of benzene rings is 4. The van der Waals surface area contributed by atoms with Gasteiger partial charge in [-0.1, -0.05) is 71.9 Å². The summed E-state index contributed by atoms with van der Waals surface area (Å²) in [6.45, 7) is 3.30. The van der Waals surface area contributed by atoms with Gasteiger partial charge in [-0.15, -0.1) is 13.2 Å². The molecule has 3 heterocycles. The van der Waals surface area contributed by atoms with Gasteiger partial charge in [0.25, 0.3) is 0 Å². The summed E-state index contributed by atoms with van der Waals surface area (Å²) in [6, 6.07) is 27.4. The van der Waals surface area contributed by atoms with Crippen molar-refractivity contribution in [3.05, 3.63) is 124 Å². The largest absolute Gasteiger partial charge is 0.573 e. The van der Waals surface area contributed by atoms with Gasteiger partial charge in [-0.2, -0.15) is 0 Å². The Morgan fingerprint density at radius 2 is 1.63 bits per heavy atom. The van der Waals surface area contributed by atoms with E-state index in [1.165, 1.54) is 37.6 Å². The van der Waals surface area contributed by atoms with Crippen molar-refractivity contribution in [2.75, 3.05) is 20.2 Å². The molecule has 0 unspecified atom stereocenters. The summed E-state index contributed by atoms with van der Waals surface area (Å²) < 4.78 is 49.2. The molecule has 4 aromatic carbocycles. The van der Waals surface area contributed by atoms with E-state index < -0.39 is 24.6 Å². The van der Waals surface area contributed by atoms with Crippen LogP contribution in [0.15, 0.2) is 96.2 Å². The molecule has 238 valence electrons. The molecule has 0 spiro atoms. The third-order valence-corrected chi connectivity index (χ3v) is 8.98. The quantitative estimate of drug-likeness (QED) is 0.220. The van der Waals surface area contributed by atoms with E-state index in [4.69, 9.17) is 9.57 Å². The Balaban J connectivity index is 1.34. The minimum absolute atomic E-state index is 0.00414. The summed E-state index contributed by atoms with van der Waals surface area (Å²) in [5, 5.41) is 15.5. The smallest absolute Gasteiger partial charge is 0.504 e. The zero-order valence-electron chi connectivity index (χ0n) is 25.3. The van der Waals surface area contributed by atoms with E-state index in [1.54, 1.807) is 18.2 Å². The normalized spacial score (nSPS) is 21.3. The molecule has 4 aromatic rings. The SMILES string of the molecule is COc1cc2c(cc1O)[C@H]1C(c3ccccc3)=NO[C@H]1N(Cc1cccc(OC(F)(F)F)c1)[C@@H]2c1ccc(CN2CCCC2)cc1. The number of methoxy groups -OCH3 is 1. The van der Waals surface area contributed by atoms with Crippen molar-refractivity contribution < 1.29 is 32.6 Å². The van der Waals surface area contributed by atoms with Crippen LogP contribution >= 0.6 is 0 Å². The molecular weight excluding hydrogens is 595 g/mol. The van der Waals surface area contributed by atoms with Crippen molar-refractivity contribution in [2.24, 2.45) is 5.16 Å². The Labute approximate surface area is 265 Å². The second kappa shape index (κ2) is 12.3. The van der Waals surface area contributed by atoms with Crippen LogP contribution in [-0.4, -0.2) is 53.4 Å². The summed E-state index contributed by atoms with van der Waals surface area (Å²) >= 11 is 0. The Morgan fingerprint density at radius 3 is 2.35 bits per heavy atom. The molecule has 10 heteroatoms. The van der Waals surface area contributed by atoms with E-state index in [2.05, 4.69) is 44.0 Å². The molecule has 0 amide bonds. The second-order valence-electron chi connectivity index (χ2n) is 12.0. The maximum Gasteiger partial charge on any atom is 0.573 e. The summed E-state index contributed by atoms with van der Waals surface area (Å²) in [5.41, 5.74) is 6.11. The minimum atomic E-state index is -4.81. The van der Waals surface area contributed by atoms with E-state index in [0.29, 0.717) is 17.0 Å². The highest BCUT2D eigenvalue weighted by atomic mass is 19.4. The Bertz CT molecular complexity index is 1720. The van der Waals surface area contributed by atoms with Crippen molar-refractivity contribution in [1.29, 1.82) is 0 Å². The van der Waals surface area contributed by atoms with Gasteiger partial charge in [0.2, 0.25) is 0 Å². The van der Waals surface area contributed by atoms with E-state index >= 15 is 0 Å². The average molecular weight is 630 g/mol. The number of likely N-dealkylation sites (tertiary alicyclic amines) is 1. The molecule has 3 atom stereocenters. The highest BCUT2D eigenvalue weighted by Crippen LogP contribution is 2.51. The Kier molecular flexibility index (Phi) is 8.08. The van der Waals surface area contributed by atoms with Crippen molar-refractivity contribution in [1.82, 2.24) is 9.80 Å². The molecule has 0 saturated carbocycles. The molecule has 1 N–H and O–H groups in total. The lowest BCUT2D eigenvalue weighted by Crippen LogP contribution is -2.47. The third-order valence-electron chi connectivity index (χ3n) is 8.98. The molecule has 3 aliphatic rings. The number of nitrogens with zero attached hydrogens (tertiary/aromatic N) is 3. The van der Waals surface area contributed by atoms with Crippen LogP contribution < -0.4 is 9.47 Å². The van der Waals surface area contributed by atoms with Gasteiger partial charge in [0.15, 0.2) is 17.7 Å². The van der Waals surface area contributed by atoms with Gasteiger partial charge in [0.05, 0.1) is 24.8 Å². The van der Waals surface area contributed by atoms with Crippen LogP contribution in [0, 0.1) is 0 Å². The van der Waals surface area contributed by atoms with Gasteiger partial charge in [-0.25, -0.2) is 4.90 Å². The molecular formula is C36H34F3N3O4. The van der Waals surface area contributed by atoms with E-state index in [-0.39, 0.29) is 18.0 Å². The number of hydrogen-bond acceptors (Lipinski definition) is 7. The summed E-state index contributed by atoms with van der Waals surface area (Å²) in [7, 11) is 1.51. The zero-order chi connectivity index (χ0) is 31.8. The number of phenols is 1. The number of fused-ring (bicyclic) bond motifs is 3. The molecule has 1 fully saturated rings. The van der Waals surface area contributed by atoms with E-state index in [1.807, 2.05) is 36.4 Å². The van der Waals surface area contributed by atoms with E-state index in [9.17, 15) is 18.3 Å². The number of halogens is 3. The molecule has 3 aliphatic heterocycles. The summed E-state index contributed by atoms with van der Waals surface area (Å²) in [5.74, 6) is -0.355. The lowest BCUT2D eigenvalue weighted by atomic mass is 9.77. The fourth-order valence-electron chi connectivity index (χ4n) is 6.96. The fraction of sp³-hybridized carbons (Fsp3) is 0.306.